The number of carbonyl (C=O) groups excluding carboxylic acids is 1. The highest BCUT2D eigenvalue weighted by molar-refractivity contribution is 6.14. The Labute approximate surface area is 205 Å². The third kappa shape index (κ3) is 6.05. The van der Waals surface area contributed by atoms with Crippen LogP contribution in [0, 0.1) is 0 Å². The van der Waals surface area contributed by atoms with Gasteiger partial charge in [-0.25, -0.2) is 0 Å². The molecule has 1 saturated carbocycles. The second-order valence-electron chi connectivity index (χ2n) is 8.88. The predicted molar refractivity (Wildman–Crippen MR) is 131 cm³/mol. The predicted octanol–water partition coefficient (Wildman–Crippen LogP) is 4.48. The molecule has 0 radical (unpaired) electrons. The van der Waals surface area contributed by atoms with Gasteiger partial charge in [0.05, 0.1) is 27.4 Å². The van der Waals surface area contributed by atoms with Crippen molar-refractivity contribution in [2.24, 2.45) is 0 Å². The fraction of sp³-hybridized carbons (Fsp3) is 0.393. The SMILES string of the molecule is COc1cc(/C=C2\CCC/C(=C\c3ccc(OC[C@@H]4CO4)c(OC)c3)C2=O)ccc1OC[C@@H]1CO1. The molecular weight excluding hydrogens is 448 g/mol. The minimum absolute atomic E-state index is 0.0756. The van der Waals surface area contributed by atoms with Gasteiger partial charge in [0, 0.05) is 11.1 Å². The standard InChI is InChI=1S/C28H30O7/c1-30-26-12-18(6-8-24(26)34-16-22-14-32-22)10-20-4-3-5-21(28(20)29)11-19-7-9-25(27(13-19)31-2)35-17-23-15-33-23/h6-13,22-23H,3-5,14-17H2,1-2H3/b20-10+,21-11+/t22-,23-/m0/s1. The van der Waals surface area contributed by atoms with Crippen LogP contribution in [0.2, 0.25) is 0 Å². The van der Waals surface area contributed by atoms with Crippen LogP contribution in [0.4, 0.5) is 0 Å². The van der Waals surface area contributed by atoms with Gasteiger partial charge in [-0.2, -0.15) is 0 Å². The van der Waals surface area contributed by atoms with Gasteiger partial charge in [0.1, 0.15) is 25.4 Å². The second-order valence-corrected chi connectivity index (χ2v) is 8.88. The Morgan fingerprint density at radius 3 is 1.63 bits per heavy atom. The van der Waals surface area contributed by atoms with E-state index in [0.717, 1.165) is 54.7 Å². The summed E-state index contributed by atoms with van der Waals surface area (Å²) in [6.07, 6.45) is 6.65. The van der Waals surface area contributed by atoms with Gasteiger partial charge < -0.3 is 28.4 Å². The summed E-state index contributed by atoms with van der Waals surface area (Å²) in [7, 11) is 3.23. The molecule has 0 aromatic heterocycles. The quantitative estimate of drug-likeness (QED) is 0.368. The first kappa shape index (κ1) is 23.5. The van der Waals surface area contributed by atoms with Gasteiger partial charge in [0.15, 0.2) is 28.8 Å². The maximum atomic E-state index is 13.3. The van der Waals surface area contributed by atoms with Gasteiger partial charge in [-0.15, -0.1) is 0 Å². The van der Waals surface area contributed by atoms with Crippen molar-refractivity contribution in [1.29, 1.82) is 0 Å². The summed E-state index contributed by atoms with van der Waals surface area (Å²) in [5, 5.41) is 0. The molecule has 0 N–H and O–H groups in total. The van der Waals surface area contributed by atoms with Crippen molar-refractivity contribution in [2.75, 3.05) is 40.6 Å². The van der Waals surface area contributed by atoms with Gasteiger partial charge in [0.25, 0.3) is 0 Å². The molecule has 2 saturated heterocycles. The van der Waals surface area contributed by atoms with Gasteiger partial charge >= 0.3 is 0 Å². The van der Waals surface area contributed by atoms with E-state index in [4.69, 9.17) is 28.4 Å². The summed E-state index contributed by atoms with van der Waals surface area (Å²) in [6, 6.07) is 11.4. The highest BCUT2D eigenvalue weighted by Gasteiger charge is 2.25. The molecule has 7 heteroatoms. The number of benzene rings is 2. The molecule has 1 aliphatic carbocycles. The monoisotopic (exact) mass is 478 g/mol. The normalized spacial score (nSPS) is 23.3. The number of ether oxygens (including phenoxy) is 6. The fourth-order valence-electron chi connectivity index (χ4n) is 4.06. The molecule has 0 amide bonds. The first-order chi connectivity index (χ1) is 17.1. The van der Waals surface area contributed by atoms with Crippen molar-refractivity contribution in [3.05, 3.63) is 58.7 Å². The van der Waals surface area contributed by atoms with E-state index in [1.54, 1.807) is 14.2 Å². The van der Waals surface area contributed by atoms with Crippen molar-refractivity contribution in [3.63, 3.8) is 0 Å². The summed E-state index contributed by atoms with van der Waals surface area (Å²) in [5.74, 6) is 2.70. The van der Waals surface area contributed by atoms with E-state index in [9.17, 15) is 4.79 Å². The number of methoxy groups -OCH3 is 2. The summed E-state index contributed by atoms with van der Waals surface area (Å²) in [4.78, 5) is 13.3. The molecule has 5 rings (SSSR count). The van der Waals surface area contributed by atoms with Crippen LogP contribution >= 0.6 is 0 Å². The maximum Gasteiger partial charge on any atom is 0.185 e. The number of rotatable bonds is 10. The lowest BCUT2D eigenvalue weighted by Gasteiger charge is -2.17. The van der Waals surface area contributed by atoms with Crippen molar-refractivity contribution >= 4 is 17.9 Å². The van der Waals surface area contributed by atoms with Crippen LogP contribution in [0.25, 0.3) is 12.2 Å². The number of ketones is 1. The van der Waals surface area contributed by atoms with E-state index in [1.807, 2.05) is 48.6 Å². The van der Waals surface area contributed by atoms with E-state index in [2.05, 4.69) is 0 Å². The van der Waals surface area contributed by atoms with Crippen LogP contribution in [-0.4, -0.2) is 58.6 Å². The Morgan fingerprint density at radius 2 is 1.23 bits per heavy atom. The van der Waals surface area contributed by atoms with Crippen molar-refractivity contribution in [3.8, 4) is 23.0 Å². The molecule has 2 atom stereocenters. The van der Waals surface area contributed by atoms with Crippen LogP contribution in [0.15, 0.2) is 47.5 Å². The number of Topliss-reactive ketones (excluding diaryl/α,β-unsaturated/α-hetero) is 1. The number of epoxide rings is 2. The molecule has 7 nitrogen and oxygen atoms in total. The Bertz CT molecular complexity index is 1050. The van der Waals surface area contributed by atoms with Crippen LogP contribution in [0.3, 0.4) is 0 Å². The topological polar surface area (TPSA) is 79.0 Å². The first-order valence-electron chi connectivity index (χ1n) is 11.9. The highest BCUT2D eigenvalue weighted by Crippen LogP contribution is 2.34. The number of allylic oxidation sites excluding steroid dienone is 2. The van der Waals surface area contributed by atoms with Crippen LogP contribution < -0.4 is 18.9 Å². The minimum atomic E-state index is 0.0756. The molecule has 35 heavy (non-hydrogen) atoms. The minimum Gasteiger partial charge on any atom is -0.493 e. The van der Waals surface area contributed by atoms with Gasteiger partial charge in [0.2, 0.25) is 0 Å². The lowest BCUT2D eigenvalue weighted by molar-refractivity contribution is -0.112. The highest BCUT2D eigenvalue weighted by atomic mass is 16.6. The van der Waals surface area contributed by atoms with Gasteiger partial charge in [-0.3, -0.25) is 4.79 Å². The summed E-state index contributed by atoms with van der Waals surface area (Å²) >= 11 is 0. The second kappa shape index (κ2) is 10.5. The molecule has 0 spiro atoms. The largest absolute Gasteiger partial charge is 0.493 e. The average molecular weight is 479 g/mol. The average Bonchev–Trinajstić information content (AvgIpc) is 3.80. The fourth-order valence-corrected chi connectivity index (χ4v) is 4.06. The molecule has 0 unspecified atom stereocenters. The van der Waals surface area contributed by atoms with Crippen LogP contribution in [0.1, 0.15) is 30.4 Å². The van der Waals surface area contributed by atoms with Crippen molar-refractivity contribution in [1.82, 2.24) is 0 Å². The van der Waals surface area contributed by atoms with Crippen molar-refractivity contribution < 1.29 is 33.2 Å². The summed E-state index contributed by atoms with van der Waals surface area (Å²) in [6.45, 7) is 2.50. The van der Waals surface area contributed by atoms with E-state index < -0.39 is 0 Å². The molecule has 2 aromatic rings. The summed E-state index contributed by atoms with van der Waals surface area (Å²) < 4.78 is 33.0. The smallest absolute Gasteiger partial charge is 0.185 e. The van der Waals surface area contributed by atoms with E-state index in [-0.39, 0.29) is 18.0 Å². The lowest BCUT2D eigenvalue weighted by Crippen LogP contribution is -2.12. The van der Waals surface area contributed by atoms with E-state index in [0.29, 0.717) is 36.2 Å². The molecule has 3 aliphatic rings. The third-order valence-electron chi connectivity index (χ3n) is 6.19. The zero-order valence-corrected chi connectivity index (χ0v) is 20.1. The van der Waals surface area contributed by atoms with Gasteiger partial charge in [-0.1, -0.05) is 12.1 Å². The Hall–Kier alpha value is -3.29. The molecule has 3 fully saturated rings. The Balaban J connectivity index is 1.31. The van der Waals surface area contributed by atoms with Crippen LogP contribution in [-0.2, 0) is 14.3 Å². The molecule has 2 heterocycles. The van der Waals surface area contributed by atoms with E-state index in [1.165, 1.54) is 0 Å². The maximum absolute atomic E-state index is 13.3. The molecule has 2 aromatic carbocycles. The molecule has 2 aliphatic heterocycles. The molecule has 184 valence electrons. The number of hydrogen-bond acceptors (Lipinski definition) is 7. The lowest BCUT2D eigenvalue weighted by atomic mass is 9.87. The Kier molecular flexibility index (Phi) is 7.06. The zero-order valence-electron chi connectivity index (χ0n) is 20.1. The first-order valence-corrected chi connectivity index (χ1v) is 11.9. The Morgan fingerprint density at radius 1 is 0.771 bits per heavy atom. The number of hydrogen-bond donors (Lipinski definition) is 0. The summed E-state index contributed by atoms with van der Waals surface area (Å²) in [5.41, 5.74) is 3.40. The molecule has 0 bridgehead atoms. The zero-order chi connectivity index (χ0) is 24.2. The van der Waals surface area contributed by atoms with Crippen molar-refractivity contribution in [2.45, 2.75) is 31.5 Å². The third-order valence-corrected chi connectivity index (χ3v) is 6.19. The van der Waals surface area contributed by atoms with E-state index >= 15 is 0 Å². The van der Waals surface area contributed by atoms with Gasteiger partial charge in [-0.05, 0) is 66.8 Å². The van der Waals surface area contributed by atoms with Crippen LogP contribution in [0.5, 0.6) is 23.0 Å². The molecular formula is C28H30O7. The number of carbonyl (C=O) groups is 1.